The highest BCUT2D eigenvalue weighted by Gasteiger charge is 2.16. The van der Waals surface area contributed by atoms with Crippen LogP contribution in [0.25, 0.3) is 0 Å². The summed E-state index contributed by atoms with van der Waals surface area (Å²) in [6.07, 6.45) is 1.98. The molecule has 0 aliphatic heterocycles. The zero-order valence-corrected chi connectivity index (χ0v) is 15.1. The first-order valence-electron chi connectivity index (χ1n) is 8.12. The molecule has 2 aromatic rings. The highest BCUT2D eigenvalue weighted by atomic mass is 32.1. The van der Waals surface area contributed by atoms with Gasteiger partial charge in [-0.25, -0.2) is 4.79 Å². The molecule has 0 saturated heterocycles. The molecule has 0 radical (unpaired) electrons. The summed E-state index contributed by atoms with van der Waals surface area (Å²) in [6, 6.07) is 11.4. The van der Waals surface area contributed by atoms with Crippen LogP contribution in [0.1, 0.15) is 52.0 Å². The van der Waals surface area contributed by atoms with E-state index in [9.17, 15) is 9.59 Å². The Bertz CT molecular complexity index is 694. The quantitative estimate of drug-likeness (QED) is 0.771. The molecule has 2 rings (SSSR count). The number of aryl methyl sites for hydroxylation is 2. The van der Waals surface area contributed by atoms with Gasteiger partial charge in [-0.2, -0.15) is 0 Å². The number of nitrogens with one attached hydrogen (secondary N) is 1. The lowest BCUT2D eigenvalue weighted by molar-refractivity contribution is -0.124. The number of carbonyl (C=O) groups is 2. The third-order valence-electron chi connectivity index (χ3n) is 3.75. The first-order chi connectivity index (χ1) is 11.5. The Hall–Kier alpha value is -2.14. The van der Waals surface area contributed by atoms with Crippen molar-refractivity contribution in [3.8, 4) is 0 Å². The van der Waals surface area contributed by atoms with Gasteiger partial charge in [0.1, 0.15) is 4.88 Å². The Kier molecular flexibility index (Phi) is 6.55. The molecule has 1 heterocycles. The summed E-state index contributed by atoms with van der Waals surface area (Å²) in [5.74, 6) is -0.741. The van der Waals surface area contributed by atoms with Crippen LogP contribution in [0.4, 0.5) is 0 Å². The first kappa shape index (κ1) is 18.2. The number of carbonyl (C=O) groups excluding carboxylic acids is 2. The van der Waals surface area contributed by atoms with Crippen LogP contribution in [0.2, 0.25) is 0 Å². The van der Waals surface area contributed by atoms with Crippen molar-refractivity contribution in [2.75, 3.05) is 6.61 Å². The normalized spacial score (nSPS) is 11.8. The molecule has 1 amide bonds. The van der Waals surface area contributed by atoms with Crippen molar-refractivity contribution in [2.45, 2.75) is 39.7 Å². The lowest BCUT2D eigenvalue weighted by Crippen LogP contribution is -2.31. The minimum Gasteiger partial charge on any atom is -0.451 e. The summed E-state index contributed by atoms with van der Waals surface area (Å²) in [4.78, 5) is 25.7. The Labute approximate surface area is 146 Å². The Morgan fingerprint density at radius 2 is 1.96 bits per heavy atom. The standard InChI is InChI=1S/C19H23NO3S/c1-4-8-16-11-17(24-14(16)3)19(22)23-12-18(21)20-13(2)15-9-6-5-7-10-15/h5-7,9-11,13H,4,8,12H2,1-3H3,(H,20,21)/t13-/m0/s1. The van der Waals surface area contributed by atoms with Crippen molar-refractivity contribution in [1.82, 2.24) is 5.32 Å². The smallest absolute Gasteiger partial charge is 0.348 e. The first-order valence-corrected chi connectivity index (χ1v) is 8.93. The van der Waals surface area contributed by atoms with Crippen LogP contribution < -0.4 is 5.32 Å². The van der Waals surface area contributed by atoms with E-state index < -0.39 is 5.97 Å². The largest absolute Gasteiger partial charge is 0.451 e. The van der Waals surface area contributed by atoms with Gasteiger partial charge in [-0.15, -0.1) is 11.3 Å². The van der Waals surface area contributed by atoms with Crippen molar-refractivity contribution < 1.29 is 14.3 Å². The van der Waals surface area contributed by atoms with Crippen molar-refractivity contribution in [3.63, 3.8) is 0 Å². The lowest BCUT2D eigenvalue weighted by atomic mass is 10.1. The lowest BCUT2D eigenvalue weighted by Gasteiger charge is -2.14. The molecule has 1 N–H and O–H groups in total. The Morgan fingerprint density at radius 1 is 1.25 bits per heavy atom. The predicted octanol–water partition coefficient (Wildman–Crippen LogP) is 4.04. The van der Waals surface area contributed by atoms with Crippen molar-refractivity contribution in [2.24, 2.45) is 0 Å². The topological polar surface area (TPSA) is 55.4 Å². The van der Waals surface area contributed by atoms with E-state index in [0.29, 0.717) is 4.88 Å². The molecule has 0 spiro atoms. The summed E-state index contributed by atoms with van der Waals surface area (Å²) in [7, 11) is 0. The van der Waals surface area contributed by atoms with Crippen LogP contribution in [0.5, 0.6) is 0 Å². The summed E-state index contributed by atoms with van der Waals surface area (Å²) < 4.78 is 5.13. The highest BCUT2D eigenvalue weighted by Crippen LogP contribution is 2.23. The van der Waals surface area contributed by atoms with Gasteiger partial charge in [-0.3, -0.25) is 4.79 Å². The van der Waals surface area contributed by atoms with Crippen LogP contribution in [-0.4, -0.2) is 18.5 Å². The molecule has 0 saturated carbocycles. The fourth-order valence-corrected chi connectivity index (χ4v) is 3.41. The van der Waals surface area contributed by atoms with E-state index >= 15 is 0 Å². The Morgan fingerprint density at radius 3 is 2.62 bits per heavy atom. The van der Waals surface area contributed by atoms with Crippen LogP contribution in [-0.2, 0) is 16.0 Å². The number of hydrogen-bond acceptors (Lipinski definition) is 4. The van der Waals surface area contributed by atoms with Crippen LogP contribution in [0, 0.1) is 6.92 Å². The summed E-state index contributed by atoms with van der Waals surface area (Å²) in [6.45, 7) is 5.73. The van der Waals surface area contributed by atoms with E-state index in [0.717, 1.165) is 23.3 Å². The van der Waals surface area contributed by atoms with Gasteiger partial charge in [-0.05, 0) is 37.5 Å². The van der Waals surface area contributed by atoms with Crippen LogP contribution >= 0.6 is 11.3 Å². The van der Waals surface area contributed by atoms with Gasteiger partial charge in [0.15, 0.2) is 6.61 Å². The third-order valence-corrected chi connectivity index (χ3v) is 4.83. The van der Waals surface area contributed by atoms with Gasteiger partial charge in [0, 0.05) is 4.88 Å². The second-order valence-electron chi connectivity index (χ2n) is 5.72. The molecule has 1 aromatic carbocycles. The number of hydrogen-bond donors (Lipinski definition) is 1. The van der Waals surface area contributed by atoms with Crippen molar-refractivity contribution in [1.29, 1.82) is 0 Å². The molecule has 0 unspecified atom stereocenters. The number of benzene rings is 1. The van der Waals surface area contributed by atoms with E-state index in [2.05, 4.69) is 12.2 Å². The molecule has 0 bridgehead atoms. The van der Waals surface area contributed by atoms with Gasteiger partial charge in [0.2, 0.25) is 0 Å². The molecule has 0 fully saturated rings. The fraction of sp³-hybridized carbons (Fsp3) is 0.368. The second kappa shape index (κ2) is 8.64. The van der Waals surface area contributed by atoms with E-state index in [1.165, 1.54) is 16.9 Å². The van der Waals surface area contributed by atoms with E-state index in [-0.39, 0.29) is 18.6 Å². The molecule has 0 aliphatic carbocycles. The maximum Gasteiger partial charge on any atom is 0.348 e. The van der Waals surface area contributed by atoms with Crippen LogP contribution in [0.3, 0.4) is 0 Å². The average molecular weight is 345 g/mol. The van der Waals surface area contributed by atoms with E-state index in [1.807, 2.05) is 50.2 Å². The van der Waals surface area contributed by atoms with E-state index in [1.54, 1.807) is 0 Å². The van der Waals surface area contributed by atoms with Crippen molar-refractivity contribution in [3.05, 3.63) is 57.3 Å². The summed E-state index contributed by atoms with van der Waals surface area (Å²) in [5.41, 5.74) is 2.19. The average Bonchev–Trinajstić information content (AvgIpc) is 2.95. The molecule has 128 valence electrons. The third kappa shape index (κ3) is 4.93. The highest BCUT2D eigenvalue weighted by molar-refractivity contribution is 7.14. The SMILES string of the molecule is CCCc1cc(C(=O)OCC(=O)N[C@@H](C)c2ccccc2)sc1C. The molecule has 1 atom stereocenters. The monoisotopic (exact) mass is 345 g/mol. The molecule has 1 aromatic heterocycles. The summed E-state index contributed by atoms with van der Waals surface area (Å²) >= 11 is 1.42. The zero-order chi connectivity index (χ0) is 17.5. The number of rotatable bonds is 7. The minimum absolute atomic E-state index is 0.127. The molecule has 0 aliphatic rings. The van der Waals surface area contributed by atoms with Crippen LogP contribution in [0.15, 0.2) is 36.4 Å². The maximum absolute atomic E-state index is 12.1. The second-order valence-corrected chi connectivity index (χ2v) is 6.97. The van der Waals surface area contributed by atoms with Gasteiger partial charge >= 0.3 is 5.97 Å². The molecule has 24 heavy (non-hydrogen) atoms. The molecular weight excluding hydrogens is 322 g/mol. The predicted molar refractivity (Wildman–Crippen MR) is 96.3 cm³/mol. The number of ether oxygens (including phenoxy) is 1. The molecular formula is C19H23NO3S. The zero-order valence-electron chi connectivity index (χ0n) is 14.3. The minimum atomic E-state index is -0.437. The molecule has 5 heteroatoms. The summed E-state index contributed by atoms with van der Waals surface area (Å²) in [5, 5.41) is 2.83. The van der Waals surface area contributed by atoms with Crippen molar-refractivity contribution >= 4 is 23.2 Å². The Balaban J connectivity index is 1.85. The van der Waals surface area contributed by atoms with Gasteiger partial charge in [-0.1, -0.05) is 43.7 Å². The van der Waals surface area contributed by atoms with Gasteiger partial charge in [0.05, 0.1) is 6.04 Å². The number of amides is 1. The fourth-order valence-electron chi connectivity index (χ4n) is 2.45. The maximum atomic E-state index is 12.1. The number of esters is 1. The number of thiophene rings is 1. The van der Waals surface area contributed by atoms with E-state index in [4.69, 9.17) is 4.74 Å². The van der Waals surface area contributed by atoms with Gasteiger partial charge < -0.3 is 10.1 Å². The molecule has 4 nitrogen and oxygen atoms in total. The van der Waals surface area contributed by atoms with Gasteiger partial charge in [0.25, 0.3) is 5.91 Å².